The largest absolute Gasteiger partial charge is 0.332 e. The second-order valence-corrected chi connectivity index (χ2v) is 10.4. The predicted octanol–water partition coefficient (Wildman–Crippen LogP) is 0.168. The van der Waals surface area contributed by atoms with Gasteiger partial charge in [0.15, 0.2) is 0 Å². The highest BCUT2D eigenvalue weighted by molar-refractivity contribution is 6.05. The SMILES string of the molecule is O=C1CCC(N2Cc3cc(CN4CCC5C(C4)NC(=O)N5C4CCNCC4)ccc3C2=O)C(=O)N1. The molecule has 3 N–H and O–H groups in total. The first kappa shape index (κ1) is 22.5. The van der Waals surface area contributed by atoms with E-state index in [0.29, 0.717) is 24.6 Å². The van der Waals surface area contributed by atoms with Crippen molar-refractivity contribution in [2.75, 3.05) is 26.2 Å². The predicted molar refractivity (Wildman–Crippen MR) is 126 cm³/mol. The van der Waals surface area contributed by atoms with Crippen molar-refractivity contribution in [3.8, 4) is 0 Å². The zero-order valence-electron chi connectivity index (χ0n) is 19.8. The Bertz CT molecular complexity index is 1070. The molecule has 3 atom stereocenters. The molecule has 1 aromatic carbocycles. The molecule has 0 bridgehead atoms. The maximum absolute atomic E-state index is 12.9. The van der Waals surface area contributed by atoms with Gasteiger partial charge in [0.1, 0.15) is 6.04 Å². The van der Waals surface area contributed by atoms with Crippen LogP contribution in [0.2, 0.25) is 0 Å². The van der Waals surface area contributed by atoms with Crippen LogP contribution >= 0.6 is 0 Å². The first-order chi connectivity index (χ1) is 17.0. The third-order valence-corrected chi connectivity index (χ3v) is 8.26. The van der Waals surface area contributed by atoms with Crippen LogP contribution in [-0.2, 0) is 22.7 Å². The summed E-state index contributed by atoms with van der Waals surface area (Å²) in [5.74, 6) is -0.810. The molecule has 35 heavy (non-hydrogen) atoms. The van der Waals surface area contributed by atoms with Gasteiger partial charge in [-0.05, 0) is 56.0 Å². The summed E-state index contributed by atoms with van der Waals surface area (Å²) in [6.07, 6.45) is 3.62. The van der Waals surface area contributed by atoms with E-state index in [1.807, 2.05) is 12.1 Å². The second kappa shape index (κ2) is 8.91. The number of nitrogens with zero attached hydrogens (tertiary/aromatic N) is 3. The van der Waals surface area contributed by atoms with Crippen LogP contribution in [0.15, 0.2) is 18.2 Å². The topological polar surface area (TPSA) is 114 Å². The average Bonchev–Trinajstić information content (AvgIpc) is 3.35. The summed E-state index contributed by atoms with van der Waals surface area (Å²) >= 11 is 0. The summed E-state index contributed by atoms with van der Waals surface area (Å²) in [7, 11) is 0. The van der Waals surface area contributed by atoms with Gasteiger partial charge in [-0.3, -0.25) is 24.6 Å². The van der Waals surface area contributed by atoms with Crippen LogP contribution in [0.25, 0.3) is 0 Å². The van der Waals surface area contributed by atoms with E-state index in [2.05, 4.69) is 31.8 Å². The maximum atomic E-state index is 12.9. The van der Waals surface area contributed by atoms with Gasteiger partial charge in [0.2, 0.25) is 11.8 Å². The summed E-state index contributed by atoms with van der Waals surface area (Å²) in [5.41, 5.74) is 2.69. The molecule has 5 heterocycles. The molecule has 1 aromatic rings. The Labute approximate surface area is 204 Å². The molecule has 0 radical (unpaired) electrons. The first-order valence-electron chi connectivity index (χ1n) is 12.8. The van der Waals surface area contributed by atoms with Crippen molar-refractivity contribution in [2.45, 2.75) is 69.4 Å². The Balaban J connectivity index is 1.10. The molecule has 5 aliphatic rings. The van der Waals surface area contributed by atoms with E-state index < -0.39 is 6.04 Å². The lowest BCUT2D eigenvalue weighted by Gasteiger charge is -2.40. The van der Waals surface area contributed by atoms with Gasteiger partial charge in [-0.1, -0.05) is 12.1 Å². The van der Waals surface area contributed by atoms with Crippen LogP contribution in [0.5, 0.6) is 0 Å². The van der Waals surface area contributed by atoms with E-state index >= 15 is 0 Å². The third kappa shape index (κ3) is 4.08. The van der Waals surface area contributed by atoms with E-state index in [0.717, 1.165) is 63.1 Å². The second-order valence-electron chi connectivity index (χ2n) is 10.4. The van der Waals surface area contributed by atoms with Crippen LogP contribution in [-0.4, -0.2) is 88.8 Å². The van der Waals surface area contributed by atoms with Crippen molar-refractivity contribution in [3.05, 3.63) is 34.9 Å². The van der Waals surface area contributed by atoms with Gasteiger partial charge in [0.25, 0.3) is 5.91 Å². The fourth-order valence-electron chi connectivity index (χ4n) is 6.52. The Kier molecular flexibility index (Phi) is 5.72. The van der Waals surface area contributed by atoms with E-state index in [1.54, 1.807) is 4.90 Å². The van der Waals surface area contributed by atoms with Crippen molar-refractivity contribution in [1.82, 2.24) is 30.7 Å². The molecule has 10 heteroatoms. The minimum atomic E-state index is -0.594. The number of nitrogens with one attached hydrogen (secondary N) is 3. The molecule has 6 rings (SSSR count). The fourth-order valence-corrected chi connectivity index (χ4v) is 6.52. The summed E-state index contributed by atoms with van der Waals surface area (Å²) in [4.78, 5) is 55.6. The van der Waals surface area contributed by atoms with E-state index in [4.69, 9.17) is 0 Å². The zero-order valence-corrected chi connectivity index (χ0v) is 19.8. The summed E-state index contributed by atoms with van der Waals surface area (Å²) in [5, 5.41) is 8.96. The molecule has 0 aliphatic carbocycles. The third-order valence-electron chi connectivity index (χ3n) is 8.26. The lowest BCUT2D eigenvalue weighted by Crippen LogP contribution is -2.53. The number of likely N-dealkylation sites (tertiary alicyclic amines) is 1. The quantitative estimate of drug-likeness (QED) is 0.530. The molecule has 4 saturated heterocycles. The monoisotopic (exact) mass is 480 g/mol. The zero-order chi connectivity index (χ0) is 24.1. The number of carbonyl (C=O) groups excluding carboxylic acids is 4. The molecular formula is C25H32N6O4. The van der Waals surface area contributed by atoms with Gasteiger partial charge in [0, 0.05) is 44.2 Å². The van der Waals surface area contributed by atoms with Gasteiger partial charge in [0.05, 0.1) is 12.1 Å². The molecule has 3 unspecified atom stereocenters. The van der Waals surface area contributed by atoms with Crippen molar-refractivity contribution >= 4 is 23.8 Å². The normalized spacial score (nSPS) is 29.8. The number of carbonyl (C=O) groups is 4. The van der Waals surface area contributed by atoms with Gasteiger partial charge < -0.3 is 20.4 Å². The number of hydrogen-bond donors (Lipinski definition) is 3. The molecule has 186 valence electrons. The molecule has 0 spiro atoms. The Hall–Kier alpha value is -2.98. The standard InChI is InChI=1S/C25H32N6O4/c32-22-4-3-21(23(33)28-22)30-13-16-11-15(1-2-18(16)24(30)34)12-29-10-7-20-19(14-29)27-25(35)31(20)17-5-8-26-9-6-17/h1-2,11,17,19-21,26H,3-10,12-14H2,(H,27,35)(H,28,32,33). The highest BCUT2D eigenvalue weighted by Crippen LogP contribution is 2.31. The fraction of sp³-hybridized carbons (Fsp3) is 0.600. The Morgan fingerprint density at radius 2 is 1.83 bits per heavy atom. The number of urea groups is 1. The van der Waals surface area contributed by atoms with Crippen LogP contribution in [0, 0.1) is 0 Å². The minimum absolute atomic E-state index is 0.0818. The number of hydrogen-bond acceptors (Lipinski definition) is 6. The minimum Gasteiger partial charge on any atom is -0.332 e. The summed E-state index contributed by atoms with van der Waals surface area (Å²) < 4.78 is 0. The Morgan fingerprint density at radius 3 is 2.63 bits per heavy atom. The van der Waals surface area contributed by atoms with Crippen molar-refractivity contribution < 1.29 is 19.2 Å². The van der Waals surface area contributed by atoms with Crippen LogP contribution < -0.4 is 16.0 Å². The number of imide groups is 1. The number of piperidine rings is 3. The number of fused-ring (bicyclic) bond motifs is 2. The summed E-state index contributed by atoms with van der Waals surface area (Å²) in [6, 6.07) is 6.15. The molecule has 4 fully saturated rings. The molecular weight excluding hydrogens is 448 g/mol. The number of benzene rings is 1. The first-order valence-corrected chi connectivity index (χ1v) is 12.8. The highest BCUT2D eigenvalue weighted by Gasteiger charge is 2.45. The lowest BCUT2D eigenvalue weighted by molar-refractivity contribution is -0.136. The van der Waals surface area contributed by atoms with Gasteiger partial charge in [-0.2, -0.15) is 0 Å². The van der Waals surface area contributed by atoms with Crippen LogP contribution in [0.4, 0.5) is 4.79 Å². The summed E-state index contributed by atoms with van der Waals surface area (Å²) in [6.45, 7) is 4.83. The van der Waals surface area contributed by atoms with E-state index in [1.165, 1.54) is 0 Å². The van der Waals surface area contributed by atoms with Gasteiger partial charge in [-0.25, -0.2) is 4.79 Å². The van der Waals surface area contributed by atoms with Crippen molar-refractivity contribution in [1.29, 1.82) is 0 Å². The lowest BCUT2D eigenvalue weighted by atomic mass is 9.95. The van der Waals surface area contributed by atoms with Crippen LogP contribution in [0.1, 0.15) is 53.6 Å². The number of rotatable bonds is 4. The maximum Gasteiger partial charge on any atom is 0.318 e. The highest BCUT2D eigenvalue weighted by atomic mass is 16.2. The van der Waals surface area contributed by atoms with Crippen molar-refractivity contribution in [2.24, 2.45) is 0 Å². The molecule has 5 amide bonds. The Morgan fingerprint density at radius 1 is 1.00 bits per heavy atom. The average molecular weight is 481 g/mol. The van der Waals surface area contributed by atoms with Gasteiger partial charge in [-0.15, -0.1) is 0 Å². The van der Waals surface area contributed by atoms with Gasteiger partial charge >= 0.3 is 6.03 Å². The molecule has 0 aromatic heterocycles. The van der Waals surface area contributed by atoms with Crippen molar-refractivity contribution in [3.63, 3.8) is 0 Å². The smallest absolute Gasteiger partial charge is 0.318 e. The van der Waals surface area contributed by atoms with E-state index in [9.17, 15) is 19.2 Å². The molecule has 10 nitrogen and oxygen atoms in total. The molecule has 5 aliphatic heterocycles. The van der Waals surface area contributed by atoms with Crippen LogP contribution in [0.3, 0.4) is 0 Å². The van der Waals surface area contributed by atoms with E-state index in [-0.39, 0.29) is 42.3 Å². The number of amides is 5. The molecule has 0 saturated carbocycles.